The molecule has 0 unspecified atom stereocenters. The van der Waals surface area contributed by atoms with E-state index in [9.17, 15) is 4.79 Å². The van der Waals surface area contributed by atoms with E-state index in [1.165, 1.54) is 19.3 Å². The van der Waals surface area contributed by atoms with Crippen LogP contribution in [0.2, 0.25) is 0 Å². The second-order valence-electron chi connectivity index (χ2n) is 7.12. The van der Waals surface area contributed by atoms with Crippen LogP contribution in [0, 0.1) is 5.92 Å². The van der Waals surface area contributed by atoms with Gasteiger partial charge in [0, 0.05) is 31.4 Å². The molecular formula is C17H28N4O. The van der Waals surface area contributed by atoms with Crippen molar-refractivity contribution in [3.8, 4) is 0 Å². The van der Waals surface area contributed by atoms with Crippen LogP contribution in [0.15, 0.2) is 12.3 Å². The Kier molecular flexibility index (Phi) is 4.26. The van der Waals surface area contributed by atoms with Crippen LogP contribution in [0.4, 0.5) is 0 Å². The molecule has 1 aliphatic carbocycles. The number of aromatic nitrogens is 2. The Labute approximate surface area is 133 Å². The van der Waals surface area contributed by atoms with Crippen molar-refractivity contribution in [3.05, 3.63) is 18.0 Å². The molecule has 0 bridgehead atoms. The van der Waals surface area contributed by atoms with Crippen molar-refractivity contribution >= 4 is 5.91 Å². The molecule has 5 heteroatoms. The molecule has 2 heterocycles. The van der Waals surface area contributed by atoms with E-state index in [1.807, 2.05) is 28.8 Å². The van der Waals surface area contributed by atoms with Crippen LogP contribution in [-0.4, -0.2) is 58.2 Å². The van der Waals surface area contributed by atoms with Gasteiger partial charge in [0.15, 0.2) is 0 Å². The average Bonchev–Trinajstić information content (AvgIpc) is 3.19. The highest BCUT2D eigenvalue weighted by atomic mass is 16.2. The lowest BCUT2D eigenvalue weighted by molar-refractivity contribution is 0.0359. The molecule has 3 rings (SSSR count). The monoisotopic (exact) mass is 304 g/mol. The van der Waals surface area contributed by atoms with E-state index in [-0.39, 0.29) is 5.91 Å². The van der Waals surface area contributed by atoms with Crippen molar-refractivity contribution in [1.29, 1.82) is 0 Å². The first-order chi connectivity index (χ1) is 10.5. The number of hydrogen-bond acceptors (Lipinski definition) is 3. The summed E-state index contributed by atoms with van der Waals surface area (Å²) in [5, 5.41) is 4.35. The first-order valence-electron chi connectivity index (χ1n) is 8.54. The van der Waals surface area contributed by atoms with Crippen LogP contribution in [0.5, 0.6) is 0 Å². The number of piperidine rings is 1. The van der Waals surface area contributed by atoms with Gasteiger partial charge in [-0.15, -0.1) is 0 Å². The molecule has 1 aromatic heterocycles. The Hall–Kier alpha value is -1.36. The Morgan fingerprint density at radius 3 is 2.55 bits per heavy atom. The second kappa shape index (κ2) is 6.03. The van der Waals surface area contributed by atoms with Gasteiger partial charge in [0.1, 0.15) is 5.69 Å². The van der Waals surface area contributed by atoms with Gasteiger partial charge in [-0.1, -0.05) is 12.8 Å². The quantitative estimate of drug-likeness (QED) is 0.838. The molecule has 0 radical (unpaired) electrons. The maximum Gasteiger partial charge on any atom is 0.274 e. The van der Waals surface area contributed by atoms with Crippen LogP contribution in [0.1, 0.15) is 49.5 Å². The average molecular weight is 304 g/mol. The number of hydrogen-bond donors (Lipinski definition) is 0. The van der Waals surface area contributed by atoms with Crippen LogP contribution in [0.3, 0.4) is 0 Å². The van der Waals surface area contributed by atoms with Crippen molar-refractivity contribution in [2.75, 3.05) is 27.2 Å². The normalized spacial score (nSPS) is 21.4. The van der Waals surface area contributed by atoms with E-state index in [4.69, 9.17) is 0 Å². The minimum atomic E-state index is 0.0889. The minimum Gasteiger partial charge on any atom is -0.337 e. The second-order valence-corrected chi connectivity index (χ2v) is 7.12. The topological polar surface area (TPSA) is 41.4 Å². The van der Waals surface area contributed by atoms with Crippen molar-refractivity contribution in [2.24, 2.45) is 5.92 Å². The summed E-state index contributed by atoms with van der Waals surface area (Å²) in [5.74, 6) is 1.01. The summed E-state index contributed by atoms with van der Waals surface area (Å²) in [6.07, 6.45) is 8.13. The summed E-state index contributed by atoms with van der Waals surface area (Å²) in [4.78, 5) is 17.0. The summed E-state index contributed by atoms with van der Waals surface area (Å²) in [6, 6.07) is 1.84. The number of likely N-dealkylation sites (tertiary alicyclic amines) is 1. The largest absolute Gasteiger partial charge is 0.337 e. The van der Waals surface area contributed by atoms with Gasteiger partial charge in [-0.05, 0) is 52.3 Å². The zero-order valence-electron chi connectivity index (χ0n) is 14.1. The number of carbonyl (C=O) groups is 1. The summed E-state index contributed by atoms with van der Waals surface area (Å²) >= 11 is 0. The molecule has 0 atom stereocenters. The molecule has 1 saturated heterocycles. The zero-order valence-corrected chi connectivity index (χ0v) is 14.1. The van der Waals surface area contributed by atoms with Crippen molar-refractivity contribution in [3.63, 3.8) is 0 Å². The van der Waals surface area contributed by atoms with Crippen LogP contribution in [0.25, 0.3) is 0 Å². The van der Waals surface area contributed by atoms with Gasteiger partial charge < -0.3 is 9.80 Å². The fourth-order valence-corrected chi connectivity index (χ4v) is 3.63. The van der Waals surface area contributed by atoms with Crippen LogP contribution < -0.4 is 0 Å². The fourth-order valence-electron chi connectivity index (χ4n) is 3.63. The number of amides is 1. The molecular weight excluding hydrogens is 276 g/mol. The van der Waals surface area contributed by atoms with Crippen molar-refractivity contribution in [1.82, 2.24) is 19.6 Å². The van der Waals surface area contributed by atoms with Gasteiger partial charge in [0.2, 0.25) is 0 Å². The number of carbonyl (C=O) groups excluding carboxylic acids is 1. The SMILES string of the molecule is CCn1ccc(C(=O)N2CCC(CC3CC3)(N(C)C)CC2)n1. The van der Waals surface area contributed by atoms with Crippen LogP contribution >= 0.6 is 0 Å². The van der Waals surface area contributed by atoms with E-state index in [1.54, 1.807) is 0 Å². The molecule has 22 heavy (non-hydrogen) atoms. The Bertz CT molecular complexity index is 525. The molecule has 1 amide bonds. The Morgan fingerprint density at radius 2 is 2.05 bits per heavy atom. The lowest BCUT2D eigenvalue weighted by Crippen LogP contribution is -2.54. The Morgan fingerprint density at radius 1 is 1.36 bits per heavy atom. The summed E-state index contributed by atoms with van der Waals surface area (Å²) in [7, 11) is 4.39. The van der Waals surface area contributed by atoms with Gasteiger partial charge in [0.05, 0.1) is 0 Å². The summed E-state index contributed by atoms with van der Waals surface area (Å²) in [6.45, 7) is 4.54. The lowest BCUT2D eigenvalue weighted by atomic mass is 9.81. The number of aryl methyl sites for hydroxylation is 1. The minimum absolute atomic E-state index is 0.0889. The highest BCUT2D eigenvalue weighted by Gasteiger charge is 2.41. The van der Waals surface area contributed by atoms with Crippen molar-refractivity contribution in [2.45, 2.75) is 51.1 Å². The number of nitrogens with zero attached hydrogens (tertiary/aromatic N) is 4. The molecule has 0 aromatic carbocycles. The summed E-state index contributed by atoms with van der Waals surface area (Å²) < 4.78 is 1.81. The highest BCUT2D eigenvalue weighted by molar-refractivity contribution is 5.92. The third kappa shape index (κ3) is 3.05. The first kappa shape index (κ1) is 15.5. The standard InChI is InChI=1S/C17H28N4O/c1-4-21-10-7-15(18-21)16(22)20-11-8-17(9-12-20,19(2)3)13-14-5-6-14/h7,10,14H,4-6,8-9,11-13H2,1-3H3. The number of rotatable bonds is 5. The molecule has 1 aromatic rings. The maximum atomic E-state index is 12.6. The molecule has 2 aliphatic rings. The van der Waals surface area contributed by atoms with Gasteiger partial charge in [-0.25, -0.2) is 0 Å². The molecule has 0 N–H and O–H groups in total. The van der Waals surface area contributed by atoms with Gasteiger partial charge in [0.25, 0.3) is 5.91 Å². The molecule has 0 spiro atoms. The van der Waals surface area contributed by atoms with E-state index >= 15 is 0 Å². The smallest absolute Gasteiger partial charge is 0.274 e. The third-order valence-electron chi connectivity index (χ3n) is 5.48. The van der Waals surface area contributed by atoms with E-state index in [2.05, 4.69) is 24.1 Å². The first-order valence-corrected chi connectivity index (χ1v) is 8.54. The van der Waals surface area contributed by atoms with Crippen LogP contribution in [-0.2, 0) is 6.54 Å². The molecule has 122 valence electrons. The van der Waals surface area contributed by atoms with E-state index in [0.717, 1.165) is 38.4 Å². The molecule has 2 fully saturated rings. The predicted octanol–water partition coefficient (Wildman–Crippen LogP) is 2.24. The molecule has 1 aliphatic heterocycles. The van der Waals surface area contributed by atoms with Gasteiger partial charge >= 0.3 is 0 Å². The Balaban J connectivity index is 1.63. The molecule has 5 nitrogen and oxygen atoms in total. The summed E-state index contributed by atoms with van der Waals surface area (Å²) in [5.41, 5.74) is 0.877. The van der Waals surface area contributed by atoms with Gasteiger partial charge in [-0.2, -0.15) is 5.10 Å². The third-order valence-corrected chi connectivity index (χ3v) is 5.48. The fraction of sp³-hybridized carbons (Fsp3) is 0.765. The molecule has 1 saturated carbocycles. The zero-order chi connectivity index (χ0) is 15.7. The predicted molar refractivity (Wildman–Crippen MR) is 86.8 cm³/mol. The maximum absolute atomic E-state index is 12.6. The van der Waals surface area contributed by atoms with Crippen molar-refractivity contribution < 1.29 is 4.79 Å². The lowest BCUT2D eigenvalue weighted by Gasteiger charge is -2.46. The van der Waals surface area contributed by atoms with E-state index in [0.29, 0.717) is 11.2 Å². The van der Waals surface area contributed by atoms with Gasteiger partial charge in [-0.3, -0.25) is 9.48 Å². The highest BCUT2D eigenvalue weighted by Crippen LogP contribution is 2.42. The van der Waals surface area contributed by atoms with E-state index < -0.39 is 0 Å².